The predicted molar refractivity (Wildman–Crippen MR) is 144 cm³/mol. The normalized spacial score (nSPS) is 26.1. The SMILES string of the molecule is CCCCCCCCCCOC(=O)c1ccc(N2C(=O)[C@H]3[C@H]4C[C@@H]([C@@H]3C2=O)[C@@H](c2ccccc2)C4)cc1. The second-order valence-electron chi connectivity index (χ2n) is 11.1. The van der Waals surface area contributed by atoms with E-state index in [0.29, 0.717) is 23.8 Å². The molecule has 0 spiro atoms. The number of fused-ring (bicyclic) bond motifs is 5. The van der Waals surface area contributed by atoms with Crippen molar-refractivity contribution in [3.05, 3.63) is 65.7 Å². The first kappa shape index (κ1) is 25.7. The van der Waals surface area contributed by atoms with Gasteiger partial charge in [0, 0.05) is 0 Å². The molecule has 3 fully saturated rings. The molecule has 1 saturated heterocycles. The van der Waals surface area contributed by atoms with Gasteiger partial charge in [0.05, 0.1) is 29.7 Å². The third-order valence-corrected chi connectivity index (χ3v) is 8.84. The van der Waals surface area contributed by atoms with Crippen molar-refractivity contribution in [2.24, 2.45) is 23.7 Å². The van der Waals surface area contributed by atoms with Gasteiger partial charge in [0.25, 0.3) is 0 Å². The smallest absolute Gasteiger partial charge is 0.338 e. The van der Waals surface area contributed by atoms with Crippen LogP contribution in [0.4, 0.5) is 5.69 Å². The third-order valence-electron chi connectivity index (χ3n) is 8.84. The van der Waals surface area contributed by atoms with Gasteiger partial charge in [-0.25, -0.2) is 4.79 Å². The van der Waals surface area contributed by atoms with E-state index in [2.05, 4.69) is 31.2 Å². The molecule has 1 heterocycles. The lowest BCUT2D eigenvalue weighted by Gasteiger charge is -2.28. The van der Waals surface area contributed by atoms with Crippen LogP contribution in [0.1, 0.15) is 93.0 Å². The third kappa shape index (κ3) is 5.23. The zero-order valence-corrected chi connectivity index (χ0v) is 21.9. The van der Waals surface area contributed by atoms with E-state index >= 15 is 0 Å². The molecule has 2 bridgehead atoms. The Labute approximate surface area is 220 Å². The quantitative estimate of drug-likeness (QED) is 0.180. The number of carbonyl (C=O) groups excluding carboxylic acids is 3. The van der Waals surface area contributed by atoms with Crippen LogP contribution < -0.4 is 4.90 Å². The Balaban J connectivity index is 1.14. The summed E-state index contributed by atoms with van der Waals surface area (Å²) in [7, 11) is 0. The van der Waals surface area contributed by atoms with Crippen molar-refractivity contribution in [1.29, 1.82) is 0 Å². The fourth-order valence-electron chi connectivity index (χ4n) is 7.03. The number of anilines is 1. The number of ether oxygens (including phenoxy) is 1. The molecular formula is C32H39NO4. The number of rotatable bonds is 12. The van der Waals surface area contributed by atoms with Crippen molar-refractivity contribution in [2.45, 2.75) is 77.0 Å². The van der Waals surface area contributed by atoms with Gasteiger partial charge in [-0.3, -0.25) is 14.5 Å². The fourth-order valence-corrected chi connectivity index (χ4v) is 7.03. The molecule has 3 aliphatic rings. The summed E-state index contributed by atoms with van der Waals surface area (Å²) in [5.41, 5.74) is 2.29. The van der Waals surface area contributed by atoms with Gasteiger partial charge in [-0.1, -0.05) is 82.2 Å². The van der Waals surface area contributed by atoms with E-state index in [1.165, 1.54) is 49.0 Å². The summed E-state index contributed by atoms with van der Waals surface area (Å²) < 4.78 is 5.45. The van der Waals surface area contributed by atoms with Crippen molar-refractivity contribution in [1.82, 2.24) is 0 Å². The molecule has 5 rings (SSSR count). The van der Waals surface area contributed by atoms with E-state index in [1.54, 1.807) is 24.3 Å². The van der Waals surface area contributed by atoms with Crippen molar-refractivity contribution >= 4 is 23.5 Å². The molecule has 2 aromatic rings. The minimum absolute atomic E-state index is 0.0703. The maximum absolute atomic E-state index is 13.5. The van der Waals surface area contributed by atoms with Crippen molar-refractivity contribution in [3.63, 3.8) is 0 Å². The first-order valence-electron chi connectivity index (χ1n) is 14.3. The van der Waals surface area contributed by atoms with Crippen molar-refractivity contribution in [2.75, 3.05) is 11.5 Å². The average molecular weight is 502 g/mol. The van der Waals surface area contributed by atoms with Gasteiger partial charge in [-0.2, -0.15) is 0 Å². The van der Waals surface area contributed by atoms with Crippen molar-refractivity contribution < 1.29 is 19.1 Å². The average Bonchev–Trinajstić information content (AvgIpc) is 3.59. The van der Waals surface area contributed by atoms with Gasteiger partial charge in [-0.05, 0) is 66.8 Å². The molecule has 2 amide bonds. The van der Waals surface area contributed by atoms with Gasteiger partial charge < -0.3 is 4.74 Å². The summed E-state index contributed by atoms with van der Waals surface area (Å²) in [6.45, 7) is 2.65. The van der Waals surface area contributed by atoms with Crippen LogP contribution in [0.5, 0.6) is 0 Å². The van der Waals surface area contributed by atoms with Gasteiger partial charge in [0.15, 0.2) is 0 Å². The summed E-state index contributed by atoms with van der Waals surface area (Å²) in [6, 6.07) is 17.2. The lowest BCUT2D eigenvalue weighted by molar-refractivity contribution is -0.123. The molecule has 5 atom stereocenters. The van der Waals surface area contributed by atoms with Gasteiger partial charge in [-0.15, -0.1) is 0 Å². The Morgan fingerprint density at radius 2 is 1.46 bits per heavy atom. The lowest BCUT2D eigenvalue weighted by atomic mass is 9.73. The molecule has 0 radical (unpaired) electrons. The van der Waals surface area contributed by atoms with Crippen LogP contribution in [-0.4, -0.2) is 24.4 Å². The summed E-state index contributed by atoms with van der Waals surface area (Å²) in [6.07, 6.45) is 11.5. The standard InChI is InChI=1S/C32H39NO4/c1-2-3-4-5-6-7-8-12-19-37-32(36)23-15-17-25(18-16-23)33-30(34)28-24-20-26(22-13-10-9-11-14-22)27(21-24)29(28)31(33)35/h9-11,13-18,24,26-29H,2-8,12,19-21H2,1H3/t24-,26-,27-,28+,29+/m1/s1. The Morgan fingerprint density at radius 1 is 0.811 bits per heavy atom. The first-order chi connectivity index (χ1) is 18.1. The number of unbranched alkanes of at least 4 members (excludes halogenated alkanes) is 7. The highest BCUT2D eigenvalue weighted by atomic mass is 16.5. The van der Waals surface area contributed by atoms with Crippen LogP contribution in [0.15, 0.2) is 54.6 Å². The van der Waals surface area contributed by atoms with E-state index < -0.39 is 0 Å². The van der Waals surface area contributed by atoms with Crippen LogP contribution in [0, 0.1) is 23.7 Å². The summed E-state index contributed by atoms with van der Waals surface area (Å²) >= 11 is 0. The number of amides is 2. The van der Waals surface area contributed by atoms with Crippen molar-refractivity contribution in [3.8, 4) is 0 Å². The van der Waals surface area contributed by atoms with Crippen LogP contribution in [0.2, 0.25) is 0 Å². The Kier molecular flexibility index (Phi) is 8.07. The van der Waals surface area contributed by atoms with E-state index in [1.807, 2.05) is 6.07 Å². The van der Waals surface area contributed by atoms with Gasteiger partial charge in [0.1, 0.15) is 0 Å². The Morgan fingerprint density at radius 3 is 2.16 bits per heavy atom. The molecule has 5 heteroatoms. The maximum atomic E-state index is 13.5. The van der Waals surface area contributed by atoms with Gasteiger partial charge in [0.2, 0.25) is 11.8 Å². The first-order valence-corrected chi connectivity index (χ1v) is 14.3. The highest BCUT2D eigenvalue weighted by molar-refractivity contribution is 6.22. The highest BCUT2D eigenvalue weighted by Crippen LogP contribution is 2.61. The second kappa shape index (κ2) is 11.6. The highest BCUT2D eigenvalue weighted by Gasteiger charge is 2.64. The number of benzene rings is 2. The molecule has 196 valence electrons. The molecule has 2 aliphatic carbocycles. The minimum atomic E-state index is -0.353. The molecule has 0 N–H and O–H groups in total. The number of hydrogen-bond acceptors (Lipinski definition) is 4. The summed E-state index contributed by atoms with van der Waals surface area (Å²) in [5.74, 6) is -0.0816. The molecule has 5 nitrogen and oxygen atoms in total. The van der Waals surface area contributed by atoms with Crippen LogP contribution in [0.25, 0.3) is 0 Å². The number of imide groups is 1. The van der Waals surface area contributed by atoms with Crippen LogP contribution in [-0.2, 0) is 14.3 Å². The zero-order chi connectivity index (χ0) is 25.8. The van der Waals surface area contributed by atoms with E-state index in [-0.39, 0.29) is 41.5 Å². The largest absolute Gasteiger partial charge is 0.462 e. The topological polar surface area (TPSA) is 63.7 Å². The Bertz CT molecular complexity index is 1100. The van der Waals surface area contributed by atoms with Crippen LogP contribution >= 0.6 is 0 Å². The summed E-state index contributed by atoms with van der Waals surface area (Å²) in [4.78, 5) is 40.7. The zero-order valence-electron chi connectivity index (χ0n) is 21.9. The molecule has 2 aromatic carbocycles. The predicted octanol–water partition coefficient (Wildman–Crippen LogP) is 6.91. The van der Waals surface area contributed by atoms with E-state index in [0.717, 1.165) is 25.7 Å². The molecule has 0 unspecified atom stereocenters. The Hall–Kier alpha value is -2.95. The number of nitrogens with zero attached hydrogens (tertiary/aromatic N) is 1. The fraction of sp³-hybridized carbons (Fsp3) is 0.531. The molecule has 1 aliphatic heterocycles. The van der Waals surface area contributed by atoms with E-state index in [4.69, 9.17) is 4.74 Å². The molecule has 2 saturated carbocycles. The van der Waals surface area contributed by atoms with E-state index in [9.17, 15) is 14.4 Å². The minimum Gasteiger partial charge on any atom is -0.462 e. The summed E-state index contributed by atoms with van der Waals surface area (Å²) in [5, 5.41) is 0. The monoisotopic (exact) mass is 501 g/mol. The van der Waals surface area contributed by atoms with Gasteiger partial charge >= 0.3 is 5.97 Å². The lowest BCUT2D eigenvalue weighted by Crippen LogP contribution is -2.33. The number of hydrogen-bond donors (Lipinski definition) is 0. The number of carbonyl (C=O) groups is 3. The molecular weight excluding hydrogens is 462 g/mol. The second-order valence-corrected chi connectivity index (χ2v) is 11.1. The number of esters is 1. The molecule has 37 heavy (non-hydrogen) atoms. The maximum Gasteiger partial charge on any atom is 0.338 e. The van der Waals surface area contributed by atoms with Crippen LogP contribution in [0.3, 0.4) is 0 Å². The molecule has 0 aromatic heterocycles.